The van der Waals surface area contributed by atoms with E-state index in [4.69, 9.17) is 4.99 Å². The van der Waals surface area contributed by atoms with E-state index in [1.54, 1.807) is 29.6 Å². The van der Waals surface area contributed by atoms with Crippen molar-refractivity contribution in [3.63, 3.8) is 0 Å². The number of hydrogen-bond acceptors (Lipinski definition) is 7. The number of hydrogen-bond donors (Lipinski definition) is 1. The highest BCUT2D eigenvalue weighted by Gasteiger charge is 2.37. The highest BCUT2D eigenvalue weighted by molar-refractivity contribution is 5.96. The summed E-state index contributed by atoms with van der Waals surface area (Å²) >= 11 is 0. The molecule has 0 spiro atoms. The summed E-state index contributed by atoms with van der Waals surface area (Å²) in [5.74, 6) is -0.617. The first-order chi connectivity index (χ1) is 15.1. The van der Waals surface area contributed by atoms with Crippen LogP contribution >= 0.6 is 0 Å². The van der Waals surface area contributed by atoms with E-state index >= 15 is 0 Å². The fourth-order valence-corrected chi connectivity index (χ4v) is 4.09. The molecule has 4 heterocycles. The monoisotopic (exact) mass is 423 g/mol. The maximum absolute atomic E-state index is 14.4. The number of benzene rings is 1. The fraction of sp³-hybridized carbons (Fsp3) is 0.286. The lowest BCUT2D eigenvalue weighted by Crippen LogP contribution is -2.47. The normalized spacial score (nSPS) is 24.3. The molecule has 31 heavy (non-hydrogen) atoms. The number of halogens is 2. The molecule has 1 aromatic heterocycles. The third kappa shape index (κ3) is 3.65. The van der Waals surface area contributed by atoms with Gasteiger partial charge in [-0.2, -0.15) is 5.10 Å². The molecule has 8 nitrogen and oxygen atoms in total. The Labute approximate surface area is 177 Å². The summed E-state index contributed by atoms with van der Waals surface area (Å²) in [5, 5.41) is 8.77. The van der Waals surface area contributed by atoms with E-state index in [0.29, 0.717) is 24.4 Å². The van der Waals surface area contributed by atoms with Crippen molar-refractivity contribution in [2.45, 2.75) is 31.1 Å². The second-order valence-corrected chi connectivity index (χ2v) is 7.45. The number of rotatable bonds is 3. The minimum Gasteiger partial charge on any atom is -0.350 e. The number of nitrogens with one attached hydrogen (secondary N) is 1. The largest absolute Gasteiger partial charge is 0.350 e. The molecule has 1 N–H and O–H groups in total. The van der Waals surface area contributed by atoms with Crippen molar-refractivity contribution >= 4 is 18.0 Å². The van der Waals surface area contributed by atoms with Gasteiger partial charge in [-0.25, -0.2) is 28.8 Å². The van der Waals surface area contributed by atoms with Gasteiger partial charge in [0, 0.05) is 30.7 Å². The van der Waals surface area contributed by atoms with Crippen molar-refractivity contribution in [2.75, 3.05) is 6.54 Å². The first-order valence-corrected chi connectivity index (χ1v) is 9.98. The fourth-order valence-electron chi connectivity index (χ4n) is 4.09. The Morgan fingerprint density at radius 3 is 2.87 bits per heavy atom. The lowest BCUT2D eigenvalue weighted by molar-refractivity contribution is 0.0925. The Bertz CT molecular complexity index is 1090. The lowest BCUT2D eigenvalue weighted by atomic mass is 10.0. The van der Waals surface area contributed by atoms with Crippen molar-refractivity contribution in [3.05, 3.63) is 72.0 Å². The summed E-state index contributed by atoms with van der Waals surface area (Å²) in [6.07, 6.45) is 9.22. The van der Waals surface area contributed by atoms with Crippen LogP contribution in [0.15, 0.2) is 59.0 Å². The summed E-state index contributed by atoms with van der Waals surface area (Å²) in [6, 6.07) is 4.37. The molecule has 1 fully saturated rings. The van der Waals surface area contributed by atoms with Gasteiger partial charge in [-0.1, -0.05) is 0 Å². The maximum atomic E-state index is 14.4. The van der Waals surface area contributed by atoms with Crippen LogP contribution in [0.4, 0.5) is 8.78 Å². The lowest BCUT2D eigenvalue weighted by Gasteiger charge is -2.32. The van der Waals surface area contributed by atoms with Gasteiger partial charge in [-0.05, 0) is 43.2 Å². The SMILES string of the molecule is O=C(NC1C=NN2C=CC(N3CCC[C@@H]3c3cc(F)ccc3F)=NC12)c1ncccn1. The predicted molar refractivity (Wildman–Crippen MR) is 109 cm³/mol. The molecule has 1 aromatic carbocycles. The Hall–Kier alpha value is -3.69. The predicted octanol–water partition coefficient (Wildman–Crippen LogP) is 2.24. The van der Waals surface area contributed by atoms with Crippen LogP contribution in [-0.4, -0.2) is 56.6 Å². The molecule has 158 valence electrons. The van der Waals surface area contributed by atoms with Crippen molar-refractivity contribution in [1.29, 1.82) is 0 Å². The van der Waals surface area contributed by atoms with E-state index in [2.05, 4.69) is 20.4 Å². The van der Waals surface area contributed by atoms with Crippen LogP contribution in [0.1, 0.15) is 35.1 Å². The molecule has 3 atom stereocenters. The molecule has 2 aromatic rings. The van der Waals surface area contributed by atoms with Crippen molar-refractivity contribution < 1.29 is 13.6 Å². The molecule has 2 unspecified atom stereocenters. The molecule has 1 amide bonds. The number of amidine groups is 1. The molecule has 3 aliphatic heterocycles. The van der Waals surface area contributed by atoms with Crippen LogP contribution in [-0.2, 0) is 0 Å². The van der Waals surface area contributed by atoms with Crippen molar-refractivity contribution in [3.8, 4) is 0 Å². The average molecular weight is 423 g/mol. The Balaban J connectivity index is 1.37. The minimum atomic E-state index is -0.483. The first kappa shape index (κ1) is 19.3. The van der Waals surface area contributed by atoms with Crippen molar-refractivity contribution in [1.82, 2.24) is 25.2 Å². The van der Waals surface area contributed by atoms with Gasteiger partial charge < -0.3 is 10.2 Å². The van der Waals surface area contributed by atoms with Gasteiger partial charge in [0.05, 0.1) is 12.3 Å². The Kier molecular flexibility index (Phi) is 4.89. The topological polar surface area (TPSA) is 86.1 Å². The van der Waals surface area contributed by atoms with Gasteiger partial charge in [0.25, 0.3) is 5.91 Å². The summed E-state index contributed by atoms with van der Waals surface area (Å²) in [7, 11) is 0. The van der Waals surface area contributed by atoms with E-state index in [-0.39, 0.29) is 11.9 Å². The van der Waals surface area contributed by atoms with E-state index in [0.717, 1.165) is 18.6 Å². The van der Waals surface area contributed by atoms with Crippen LogP contribution < -0.4 is 5.32 Å². The quantitative estimate of drug-likeness (QED) is 0.819. The summed E-state index contributed by atoms with van der Waals surface area (Å²) in [4.78, 5) is 27.1. The molecule has 5 rings (SSSR count). The van der Waals surface area contributed by atoms with Crippen molar-refractivity contribution in [2.24, 2.45) is 10.1 Å². The summed E-state index contributed by atoms with van der Waals surface area (Å²) in [6.45, 7) is 0.673. The van der Waals surface area contributed by atoms with Gasteiger partial charge in [0.15, 0.2) is 6.17 Å². The van der Waals surface area contributed by atoms with Crippen LogP contribution in [0.2, 0.25) is 0 Å². The maximum Gasteiger partial charge on any atom is 0.289 e. The molecule has 3 aliphatic rings. The smallest absolute Gasteiger partial charge is 0.289 e. The number of likely N-dealkylation sites (tertiary alicyclic amines) is 1. The van der Waals surface area contributed by atoms with Gasteiger partial charge >= 0.3 is 0 Å². The Morgan fingerprint density at radius 2 is 2.03 bits per heavy atom. The number of aromatic nitrogens is 2. The molecule has 0 bridgehead atoms. The standard InChI is InChI=1S/C21H19F2N7O/c22-13-4-5-15(23)14(11-13)17-3-1-9-29(17)18-6-10-30-20(28-18)16(12-26-30)27-21(31)19-24-7-2-8-25-19/h2,4-8,10-12,16-17,20H,1,3,9H2,(H,27,31)/t16?,17-,20?/m1/s1. The second kappa shape index (κ2) is 7.86. The van der Waals surface area contributed by atoms with E-state index in [9.17, 15) is 13.6 Å². The van der Waals surface area contributed by atoms with Crippen LogP contribution in [0.5, 0.6) is 0 Å². The van der Waals surface area contributed by atoms with E-state index in [1.807, 2.05) is 4.90 Å². The zero-order valence-corrected chi connectivity index (χ0v) is 16.4. The highest BCUT2D eigenvalue weighted by Crippen LogP contribution is 2.35. The third-order valence-corrected chi connectivity index (χ3v) is 5.52. The van der Waals surface area contributed by atoms with E-state index < -0.39 is 29.7 Å². The van der Waals surface area contributed by atoms with Crippen LogP contribution in [0.3, 0.4) is 0 Å². The van der Waals surface area contributed by atoms with Gasteiger partial charge in [-0.3, -0.25) is 4.79 Å². The van der Waals surface area contributed by atoms with Crippen LogP contribution in [0, 0.1) is 11.6 Å². The molecule has 0 aliphatic carbocycles. The minimum absolute atomic E-state index is 0.0612. The molecule has 0 saturated carbocycles. The number of fused-ring (bicyclic) bond motifs is 1. The van der Waals surface area contributed by atoms with Gasteiger partial charge in [0.2, 0.25) is 5.82 Å². The molecule has 10 heteroatoms. The number of aliphatic imine (C=N–C) groups is 1. The number of hydrazone groups is 1. The van der Waals surface area contributed by atoms with E-state index in [1.165, 1.54) is 18.5 Å². The van der Waals surface area contributed by atoms with Gasteiger partial charge in [-0.15, -0.1) is 0 Å². The van der Waals surface area contributed by atoms with Crippen LogP contribution in [0.25, 0.3) is 0 Å². The third-order valence-electron chi connectivity index (χ3n) is 5.52. The molecular formula is C21H19F2N7O. The Morgan fingerprint density at radius 1 is 1.19 bits per heavy atom. The molecule has 1 saturated heterocycles. The average Bonchev–Trinajstić information content (AvgIpc) is 3.43. The first-order valence-electron chi connectivity index (χ1n) is 9.98. The van der Waals surface area contributed by atoms with Gasteiger partial charge in [0.1, 0.15) is 23.5 Å². The zero-order valence-electron chi connectivity index (χ0n) is 16.4. The number of carbonyl (C=O) groups is 1. The number of nitrogens with zero attached hydrogens (tertiary/aromatic N) is 6. The number of carbonyl (C=O) groups excluding carboxylic acids is 1. The summed E-state index contributed by atoms with van der Waals surface area (Å²) in [5.41, 5.74) is 0.324. The molecular weight excluding hydrogens is 404 g/mol. The zero-order chi connectivity index (χ0) is 21.4. The second-order valence-electron chi connectivity index (χ2n) is 7.45. The summed E-state index contributed by atoms with van der Waals surface area (Å²) < 4.78 is 28.2. The molecule has 0 radical (unpaired) electrons. The highest BCUT2D eigenvalue weighted by atomic mass is 19.1. The number of amides is 1.